The highest BCUT2D eigenvalue weighted by molar-refractivity contribution is 5.88. The molecule has 9 nitrogen and oxygen atoms in total. The number of pyridine rings is 1. The van der Waals surface area contributed by atoms with Crippen molar-refractivity contribution in [3.05, 3.63) is 48.3 Å². The molecule has 0 aromatic carbocycles. The van der Waals surface area contributed by atoms with Crippen LogP contribution in [0.1, 0.15) is 62.9 Å². The van der Waals surface area contributed by atoms with Crippen molar-refractivity contribution in [2.45, 2.75) is 64.1 Å². The lowest BCUT2D eigenvalue weighted by atomic mass is 9.70. The monoisotopic (exact) mass is 549 g/mol. The van der Waals surface area contributed by atoms with Crippen molar-refractivity contribution in [3.63, 3.8) is 0 Å². The summed E-state index contributed by atoms with van der Waals surface area (Å²) in [5, 5.41) is 7.12. The van der Waals surface area contributed by atoms with Gasteiger partial charge >= 0.3 is 12.1 Å². The first kappa shape index (κ1) is 28.6. The number of hydrogen-bond acceptors (Lipinski definition) is 5. The van der Waals surface area contributed by atoms with E-state index in [0.29, 0.717) is 25.0 Å². The maximum absolute atomic E-state index is 13.9. The molecule has 2 aromatic rings. The lowest BCUT2D eigenvalue weighted by Crippen LogP contribution is -2.53. The van der Waals surface area contributed by atoms with E-state index in [2.05, 4.69) is 34.5 Å². The summed E-state index contributed by atoms with van der Waals surface area (Å²) >= 11 is 0. The number of carboxylic acids is 1. The predicted octanol–water partition coefficient (Wildman–Crippen LogP) is 3.68. The van der Waals surface area contributed by atoms with Crippen molar-refractivity contribution >= 4 is 17.8 Å². The summed E-state index contributed by atoms with van der Waals surface area (Å²) in [6.45, 7) is 6.99. The Bertz CT molecular complexity index is 1180. The standard InChI is InChI=1S/C25H33N5O2.C2HF3O2/c1-18(2)30-15-22(27-17-30)21-14-29(23(31)12-20-6-3-4-10-26-20)16-25(21)9-5-11-28(24(25)32)13-19-7-8-19;3-2(4,5)1(6)7/h3-4,6,10,15,17-19,21H,5,7-9,11-14,16H2,1-2H3;(H,6,7). The van der Waals surface area contributed by atoms with Gasteiger partial charge in [0.2, 0.25) is 11.8 Å². The number of carbonyl (C=O) groups excluding carboxylic acids is 2. The molecule has 3 aliphatic rings. The molecule has 1 spiro atoms. The van der Waals surface area contributed by atoms with Gasteiger partial charge in [-0.1, -0.05) is 6.07 Å². The van der Waals surface area contributed by atoms with Crippen LogP contribution < -0.4 is 0 Å². The Labute approximate surface area is 225 Å². The van der Waals surface area contributed by atoms with Gasteiger partial charge in [-0.2, -0.15) is 13.2 Å². The van der Waals surface area contributed by atoms with E-state index in [0.717, 1.165) is 37.3 Å². The Morgan fingerprint density at radius 3 is 2.49 bits per heavy atom. The van der Waals surface area contributed by atoms with Crippen molar-refractivity contribution < 1.29 is 32.7 Å². The number of carbonyl (C=O) groups is 3. The van der Waals surface area contributed by atoms with E-state index in [1.165, 1.54) is 12.8 Å². The van der Waals surface area contributed by atoms with Gasteiger partial charge in [0.05, 0.1) is 23.9 Å². The highest BCUT2D eigenvalue weighted by atomic mass is 19.4. The maximum Gasteiger partial charge on any atom is 0.490 e. The van der Waals surface area contributed by atoms with Crippen LogP contribution in [-0.4, -0.2) is 79.6 Å². The average Bonchev–Trinajstić information content (AvgIpc) is 3.41. The van der Waals surface area contributed by atoms with Gasteiger partial charge in [-0.05, 0) is 57.6 Å². The highest BCUT2D eigenvalue weighted by Crippen LogP contribution is 2.49. The molecule has 2 aliphatic heterocycles. The normalized spacial score (nSPS) is 23.2. The van der Waals surface area contributed by atoms with Crippen molar-refractivity contribution in [2.75, 3.05) is 26.2 Å². The van der Waals surface area contributed by atoms with Crippen LogP contribution in [0.25, 0.3) is 0 Å². The molecule has 2 amide bonds. The number of nitrogens with zero attached hydrogens (tertiary/aromatic N) is 5. The lowest BCUT2D eigenvalue weighted by Gasteiger charge is -2.42. The first-order valence-corrected chi connectivity index (χ1v) is 13.2. The Kier molecular flexibility index (Phi) is 8.31. The second-order valence-corrected chi connectivity index (χ2v) is 10.9. The van der Waals surface area contributed by atoms with E-state index in [-0.39, 0.29) is 24.2 Å². The van der Waals surface area contributed by atoms with Gasteiger partial charge in [-0.15, -0.1) is 0 Å². The second-order valence-electron chi connectivity index (χ2n) is 10.9. The van der Waals surface area contributed by atoms with Crippen LogP contribution in [0.2, 0.25) is 0 Å². The van der Waals surface area contributed by atoms with Crippen LogP contribution in [0.15, 0.2) is 36.9 Å². The highest BCUT2D eigenvalue weighted by Gasteiger charge is 2.57. The molecular formula is C27H34F3N5O4. The minimum atomic E-state index is -5.08. The molecule has 2 unspecified atom stereocenters. The Morgan fingerprint density at radius 1 is 1.21 bits per heavy atom. The number of rotatable bonds is 6. The van der Waals surface area contributed by atoms with Gasteiger partial charge in [0.25, 0.3) is 0 Å². The number of aliphatic carboxylic acids is 1. The number of hydrogen-bond donors (Lipinski definition) is 1. The number of piperidine rings is 1. The number of alkyl halides is 3. The summed E-state index contributed by atoms with van der Waals surface area (Å²) in [5.74, 6) is -1.89. The molecule has 2 atom stereocenters. The van der Waals surface area contributed by atoms with Gasteiger partial charge < -0.3 is 19.5 Å². The van der Waals surface area contributed by atoms with Gasteiger partial charge in [0.15, 0.2) is 0 Å². The summed E-state index contributed by atoms with van der Waals surface area (Å²) in [6, 6.07) is 5.95. The number of aromatic nitrogens is 3. The number of imidazole rings is 1. The third-order valence-corrected chi connectivity index (χ3v) is 7.71. The number of likely N-dealkylation sites (tertiary alicyclic amines) is 2. The van der Waals surface area contributed by atoms with E-state index in [1.807, 2.05) is 29.4 Å². The molecule has 2 aromatic heterocycles. The van der Waals surface area contributed by atoms with Gasteiger partial charge in [0, 0.05) is 56.2 Å². The third kappa shape index (κ3) is 6.59. The smallest absolute Gasteiger partial charge is 0.475 e. The summed E-state index contributed by atoms with van der Waals surface area (Å²) in [7, 11) is 0. The zero-order valence-corrected chi connectivity index (χ0v) is 22.1. The third-order valence-electron chi connectivity index (χ3n) is 7.71. The minimum absolute atomic E-state index is 0.0426. The first-order valence-electron chi connectivity index (χ1n) is 13.2. The van der Waals surface area contributed by atoms with Gasteiger partial charge in [0.1, 0.15) is 0 Å². The summed E-state index contributed by atoms with van der Waals surface area (Å²) in [5.41, 5.74) is 1.14. The van der Waals surface area contributed by atoms with Crippen molar-refractivity contribution in [3.8, 4) is 0 Å². The Balaban J connectivity index is 0.000000448. The predicted molar refractivity (Wildman–Crippen MR) is 135 cm³/mol. The molecule has 1 N–H and O–H groups in total. The molecule has 5 rings (SSSR count). The number of carboxylic acid groups (broad SMARTS) is 1. The molecule has 4 heterocycles. The van der Waals surface area contributed by atoms with Crippen LogP contribution in [0.4, 0.5) is 13.2 Å². The van der Waals surface area contributed by atoms with Crippen LogP contribution in [-0.2, 0) is 20.8 Å². The average molecular weight is 550 g/mol. The Morgan fingerprint density at radius 2 is 1.92 bits per heavy atom. The van der Waals surface area contributed by atoms with Crippen molar-refractivity contribution in [2.24, 2.45) is 11.3 Å². The molecule has 2 saturated heterocycles. The van der Waals surface area contributed by atoms with Crippen molar-refractivity contribution in [1.82, 2.24) is 24.3 Å². The fourth-order valence-corrected chi connectivity index (χ4v) is 5.43. The Hall–Kier alpha value is -3.44. The second kappa shape index (κ2) is 11.4. The van der Waals surface area contributed by atoms with E-state index < -0.39 is 17.6 Å². The zero-order valence-electron chi connectivity index (χ0n) is 22.1. The maximum atomic E-state index is 13.9. The molecule has 212 valence electrons. The van der Waals surface area contributed by atoms with Crippen LogP contribution in [0.5, 0.6) is 0 Å². The van der Waals surface area contributed by atoms with Crippen LogP contribution in [0, 0.1) is 11.3 Å². The summed E-state index contributed by atoms with van der Waals surface area (Å²) < 4.78 is 33.8. The first-order chi connectivity index (χ1) is 18.4. The van der Waals surface area contributed by atoms with Crippen LogP contribution >= 0.6 is 0 Å². The molecule has 0 radical (unpaired) electrons. The molecule has 39 heavy (non-hydrogen) atoms. The lowest BCUT2D eigenvalue weighted by molar-refractivity contribution is -0.192. The van der Waals surface area contributed by atoms with E-state index in [4.69, 9.17) is 14.9 Å². The number of amides is 2. The van der Waals surface area contributed by atoms with Crippen LogP contribution in [0.3, 0.4) is 0 Å². The summed E-state index contributed by atoms with van der Waals surface area (Å²) in [4.78, 5) is 49.1. The fraction of sp³-hybridized carbons (Fsp3) is 0.593. The number of halogens is 3. The largest absolute Gasteiger partial charge is 0.490 e. The quantitative estimate of drug-likeness (QED) is 0.589. The molecule has 1 saturated carbocycles. The molecule has 1 aliphatic carbocycles. The molecular weight excluding hydrogens is 515 g/mol. The molecule has 3 fully saturated rings. The molecule has 0 bridgehead atoms. The van der Waals surface area contributed by atoms with Gasteiger partial charge in [-0.25, -0.2) is 9.78 Å². The van der Waals surface area contributed by atoms with E-state index >= 15 is 0 Å². The van der Waals surface area contributed by atoms with Gasteiger partial charge in [-0.3, -0.25) is 14.6 Å². The topological polar surface area (TPSA) is 109 Å². The summed E-state index contributed by atoms with van der Waals surface area (Å²) in [6.07, 6.45) is 5.11. The van der Waals surface area contributed by atoms with E-state index in [9.17, 15) is 22.8 Å². The minimum Gasteiger partial charge on any atom is -0.475 e. The zero-order chi connectivity index (χ0) is 28.4. The fourth-order valence-electron chi connectivity index (χ4n) is 5.43. The van der Waals surface area contributed by atoms with E-state index in [1.54, 1.807) is 6.20 Å². The van der Waals surface area contributed by atoms with Crippen molar-refractivity contribution in [1.29, 1.82) is 0 Å². The SMILES string of the molecule is CC(C)n1cnc(C2CN(C(=O)Cc3ccccn3)CC23CCCN(CC2CC2)C3=O)c1.O=C(O)C(F)(F)F. The molecule has 12 heteroatoms.